The molecule has 3 aromatic rings. The minimum absolute atomic E-state index is 0.0897. The van der Waals surface area contributed by atoms with Gasteiger partial charge in [-0.25, -0.2) is 9.37 Å². The number of aromatic hydroxyl groups is 1. The summed E-state index contributed by atoms with van der Waals surface area (Å²) in [6.07, 6.45) is 6.96. The summed E-state index contributed by atoms with van der Waals surface area (Å²) in [5.74, 6) is 1.32. The first kappa shape index (κ1) is 19.9. The van der Waals surface area contributed by atoms with E-state index in [9.17, 15) is 5.11 Å². The van der Waals surface area contributed by atoms with E-state index in [2.05, 4.69) is 27.4 Å². The zero-order chi connectivity index (χ0) is 21.5. The normalized spacial score (nSPS) is 27.8. The van der Waals surface area contributed by atoms with Crippen molar-refractivity contribution in [1.29, 1.82) is 0 Å². The lowest BCUT2D eigenvalue weighted by Gasteiger charge is -2.47. The molecule has 2 fully saturated rings. The largest absolute Gasteiger partial charge is 0.507 e. The number of halogens is 1. The lowest BCUT2D eigenvalue weighted by molar-refractivity contribution is 0.0851. The van der Waals surface area contributed by atoms with Gasteiger partial charge in [0, 0.05) is 43.2 Å². The first-order valence-corrected chi connectivity index (χ1v) is 10.8. The summed E-state index contributed by atoms with van der Waals surface area (Å²) >= 11 is 0. The molecule has 5 rings (SSSR count). The molecule has 0 saturated carbocycles. The first-order valence-electron chi connectivity index (χ1n) is 10.8. The molecule has 2 aliphatic rings. The third-order valence-electron chi connectivity index (χ3n) is 6.64. The van der Waals surface area contributed by atoms with Gasteiger partial charge in [-0.15, -0.1) is 10.2 Å². The topological polar surface area (TPSA) is 79.1 Å². The van der Waals surface area contributed by atoms with Gasteiger partial charge in [-0.1, -0.05) is 6.92 Å². The van der Waals surface area contributed by atoms with Crippen LogP contribution in [0.1, 0.15) is 26.2 Å². The molecule has 2 saturated heterocycles. The minimum Gasteiger partial charge on any atom is -0.507 e. The molecule has 162 valence electrons. The highest BCUT2D eigenvalue weighted by Crippen LogP contribution is 2.35. The Bertz CT molecular complexity index is 1040. The van der Waals surface area contributed by atoms with E-state index >= 15 is 4.39 Å². The third kappa shape index (κ3) is 3.76. The number of imidazole rings is 1. The van der Waals surface area contributed by atoms with Crippen molar-refractivity contribution in [3.8, 4) is 22.7 Å². The Balaban J connectivity index is 1.34. The van der Waals surface area contributed by atoms with Crippen molar-refractivity contribution >= 4 is 5.82 Å². The van der Waals surface area contributed by atoms with Crippen LogP contribution in [0.4, 0.5) is 10.2 Å². The monoisotopic (exact) mass is 422 g/mol. The minimum atomic E-state index is -0.940. The highest BCUT2D eigenvalue weighted by molar-refractivity contribution is 5.69. The lowest BCUT2D eigenvalue weighted by atomic mass is 9.77. The summed E-state index contributed by atoms with van der Waals surface area (Å²) in [6, 6.07) is 9.08. The Morgan fingerprint density at radius 2 is 2.03 bits per heavy atom. The van der Waals surface area contributed by atoms with Crippen LogP contribution < -0.4 is 10.2 Å². The van der Waals surface area contributed by atoms with Gasteiger partial charge in [0.15, 0.2) is 5.82 Å². The number of nitrogens with zero attached hydrogens (tertiary/aromatic N) is 5. The maximum absolute atomic E-state index is 15.2. The van der Waals surface area contributed by atoms with Gasteiger partial charge in [0.1, 0.15) is 11.9 Å². The van der Waals surface area contributed by atoms with Crippen LogP contribution in [-0.4, -0.2) is 56.2 Å². The lowest BCUT2D eigenvalue weighted by Crippen LogP contribution is -2.62. The van der Waals surface area contributed by atoms with Gasteiger partial charge < -0.3 is 19.9 Å². The molecule has 2 aliphatic heterocycles. The summed E-state index contributed by atoms with van der Waals surface area (Å²) < 4.78 is 17.0. The SMILES string of the molecule is CC1CC2C[C@H](N(C)c3ccc(-c4ccc(-n5ccnc5)cc4O)nn3)[C@@H](F)C(C1)N2. The highest BCUT2D eigenvalue weighted by atomic mass is 19.1. The maximum atomic E-state index is 15.2. The van der Waals surface area contributed by atoms with Crippen molar-refractivity contribution < 1.29 is 9.50 Å². The van der Waals surface area contributed by atoms with Crippen LogP contribution in [0, 0.1) is 5.92 Å². The number of nitrogens with one attached hydrogen (secondary N) is 1. The number of anilines is 1. The zero-order valence-electron chi connectivity index (χ0n) is 17.7. The second kappa shape index (κ2) is 7.92. The molecular weight excluding hydrogens is 395 g/mol. The Morgan fingerprint density at radius 3 is 2.74 bits per heavy atom. The maximum Gasteiger partial charge on any atom is 0.151 e. The van der Waals surface area contributed by atoms with E-state index in [1.165, 1.54) is 0 Å². The Hall–Kier alpha value is -3.00. The zero-order valence-corrected chi connectivity index (χ0v) is 17.7. The van der Waals surface area contributed by atoms with Gasteiger partial charge in [-0.05, 0) is 49.4 Å². The van der Waals surface area contributed by atoms with Crippen LogP contribution in [-0.2, 0) is 0 Å². The van der Waals surface area contributed by atoms with Crippen molar-refractivity contribution in [1.82, 2.24) is 25.1 Å². The van der Waals surface area contributed by atoms with Crippen LogP contribution in [0.2, 0.25) is 0 Å². The van der Waals surface area contributed by atoms with Gasteiger partial charge in [0.05, 0.1) is 23.8 Å². The van der Waals surface area contributed by atoms with Crippen molar-refractivity contribution in [2.75, 3.05) is 11.9 Å². The smallest absolute Gasteiger partial charge is 0.151 e. The van der Waals surface area contributed by atoms with Crippen LogP contribution in [0.3, 0.4) is 0 Å². The molecule has 7 nitrogen and oxygen atoms in total. The third-order valence-corrected chi connectivity index (χ3v) is 6.64. The molecule has 1 aromatic carbocycles. The number of benzene rings is 1. The van der Waals surface area contributed by atoms with Gasteiger partial charge >= 0.3 is 0 Å². The molecule has 8 heteroatoms. The van der Waals surface area contributed by atoms with E-state index in [-0.39, 0.29) is 17.8 Å². The van der Waals surface area contributed by atoms with Gasteiger partial charge in [0.2, 0.25) is 0 Å². The van der Waals surface area contributed by atoms with E-state index < -0.39 is 6.17 Å². The second-order valence-electron chi connectivity index (χ2n) is 8.85. The quantitative estimate of drug-likeness (QED) is 0.671. The van der Waals surface area contributed by atoms with E-state index in [4.69, 9.17) is 0 Å². The Morgan fingerprint density at radius 1 is 1.16 bits per heavy atom. The van der Waals surface area contributed by atoms with Crippen LogP contribution in [0.15, 0.2) is 49.1 Å². The molecule has 0 spiro atoms. The number of fused-ring (bicyclic) bond motifs is 2. The summed E-state index contributed by atoms with van der Waals surface area (Å²) in [7, 11) is 1.89. The molecule has 5 atom stereocenters. The molecule has 2 aromatic heterocycles. The van der Waals surface area contributed by atoms with Crippen molar-refractivity contribution in [2.24, 2.45) is 5.92 Å². The van der Waals surface area contributed by atoms with Gasteiger partial charge in [0.25, 0.3) is 0 Å². The van der Waals surface area contributed by atoms with E-state index in [0.717, 1.165) is 24.9 Å². The predicted octanol–water partition coefficient (Wildman–Crippen LogP) is 3.34. The number of hydrogen-bond acceptors (Lipinski definition) is 6. The molecule has 2 bridgehead atoms. The molecule has 4 heterocycles. The van der Waals surface area contributed by atoms with Crippen molar-refractivity contribution in [2.45, 2.75) is 50.5 Å². The molecule has 31 heavy (non-hydrogen) atoms. The standard InChI is InChI=1S/C23H27FN6O/c1-14-9-15-11-20(23(24)19(10-14)26-15)29(2)22-6-5-18(27-28-22)17-4-3-16(12-21(17)31)30-8-7-25-13-30/h3-8,12-15,19-20,23,26,31H,9-11H2,1-2H3/t14?,15?,19?,20-,23-/m0/s1. The number of phenols is 1. The number of hydrogen-bond donors (Lipinski definition) is 2. The highest BCUT2D eigenvalue weighted by Gasteiger charge is 2.43. The number of aromatic nitrogens is 4. The summed E-state index contributed by atoms with van der Waals surface area (Å²) in [6.45, 7) is 2.21. The summed E-state index contributed by atoms with van der Waals surface area (Å²) in [5, 5.41) is 22.6. The van der Waals surface area contributed by atoms with Gasteiger partial charge in [-0.2, -0.15) is 0 Å². The fraction of sp³-hybridized carbons (Fsp3) is 0.435. The van der Waals surface area contributed by atoms with E-state index in [1.54, 1.807) is 18.6 Å². The van der Waals surface area contributed by atoms with E-state index in [1.807, 2.05) is 47.0 Å². The Labute approximate surface area is 180 Å². The molecule has 0 amide bonds. The van der Waals surface area contributed by atoms with Crippen LogP contribution >= 0.6 is 0 Å². The van der Waals surface area contributed by atoms with Gasteiger partial charge in [-0.3, -0.25) is 0 Å². The average molecular weight is 423 g/mol. The average Bonchev–Trinajstić information content (AvgIpc) is 3.31. The van der Waals surface area contributed by atoms with E-state index in [0.29, 0.717) is 29.0 Å². The van der Waals surface area contributed by atoms with Crippen LogP contribution in [0.25, 0.3) is 16.9 Å². The second-order valence-corrected chi connectivity index (χ2v) is 8.85. The number of alkyl halides is 1. The molecule has 0 aliphatic carbocycles. The number of rotatable bonds is 4. The molecule has 2 N–H and O–H groups in total. The van der Waals surface area contributed by atoms with Crippen molar-refractivity contribution in [3.05, 3.63) is 49.1 Å². The van der Waals surface area contributed by atoms with Crippen LogP contribution in [0.5, 0.6) is 5.75 Å². The number of piperidine rings is 2. The predicted molar refractivity (Wildman–Crippen MR) is 117 cm³/mol. The molecule has 0 radical (unpaired) electrons. The fourth-order valence-electron chi connectivity index (χ4n) is 5.04. The first-order chi connectivity index (χ1) is 15.0. The molecule has 3 unspecified atom stereocenters. The summed E-state index contributed by atoms with van der Waals surface area (Å²) in [4.78, 5) is 5.94. The van der Waals surface area contributed by atoms with Crippen molar-refractivity contribution in [3.63, 3.8) is 0 Å². The Kier molecular flexibility index (Phi) is 5.09. The fourth-order valence-corrected chi connectivity index (χ4v) is 5.04. The molecular formula is C23H27FN6O. The number of phenolic OH excluding ortho intramolecular Hbond substituents is 1. The summed E-state index contributed by atoms with van der Waals surface area (Å²) in [5.41, 5.74) is 1.97.